The lowest BCUT2D eigenvalue weighted by atomic mass is 10.1. The molecule has 0 spiro atoms. The Hall–Kier alpha value is -2.08. The summed E-state index contributed by atoms with van der Waals surface area (Å²) in [5.74, 6) is 0.995. The first-order valence-corrected chi connectivity index (χ1v) is 8.76. The van der Waals surface area contributed by atoms with E-state index in [-0.39, 0.29) is 6.03 Å². The lowest BCUT2D eigenvalue weighted by Gasteiger charge is -2.07. The zero-order chi connectivity index (χ0) is 16.1. The lowest BCUT2D eigenvalue weighted by Crippen LogP contribution is -2.36. The maximum absolute atomic E-state index is 11.8. The number of carbonyl (C=O) groups is 1. The molecule has 0 atom stereocenters. The van der Waals surface area contributed by atoms with Crippen molar-refractivity contribution in [1.29, 1.82) is 0 Å². The molecule has 0 aliphatic carbocycles. The van der Waals surface area contributed by atoms with E-state index >= 15 is 0 Å². The number of aryl methyl sites for hydroxylation is 1. The number of rotatable bonds is 6. The van der Waals surface area contributed by atoms with Gasteiger partial charge < -0.3 is 15.4 Å². The van der Waals surface area contributed by atoms with Crippen LogP contribution in [0.2, 0.25) is 0 Å². The molecule has 1 aromatic carbocycles. The van der Waals surface area contributed by atoms with Crippen LogP contribution >= 0.6 is 11.3 Å². The molecule has 2 N–H and O–H groups in total. The highest BCUT2D eigenvalue weighted by Crippen LogP contribution is 2.25. The molecule has 1 aliphatic heterocycles. The van der Waals surface area contributed by atoms with Gasteiger partial charge in [-0.3, -0.25) is 0 Å². The lowest BCUT2D eigenvalue weighted by molar-refractivity contribution is 0.240. The molecule has 0 fully saturated rings. The smallest absolute Gasteiger partial charge is 0.315 e. The molecule has 1 aliphatic rings. The van der Waals surface area contributed by atoms with Gasteiger partial charge in [0, 0.05) is 24.0 Å². The second-order valence-electron chi connectivity index (χ2n) is 5.47. The normalized spacial score (nSPS) is 12.6. The average Bonchev–Trinajstić information content (AvgIpc) is 3.21. The van der Waals surface area contributed by atoms with Gasteiger partial charge in [-0.2, -0.15) is 0 Å². The van der Waals surface area contributed by atoms with E-state index in [1.807, 2.05) is 12.3 Å². The molecule has 3 rings (SSSR count). The highest BCUT2D eigenvalue weighted by atomic mass is 32.1. The predicted octanol–water partition coefficient (Wildman–Crippen LogP) is 2.68. The summed E-state index contributed by atoms with van der Waals surface area (Å²) < 4.78 is 5.50. The van der Waals surface area contributed by atoms with Crippen molar-refractivity contribution in [2.24, 2.45) is 0 Å². The molecule has 0 radical (unpaired) electrons. The zero-order valence-electron chi connectivity index (χ0n) is 13.2. The van der Waals surface area contributed by atoms with E-state index in [1.54, 1.807) is 11.3 Å². The minimum absolute atomic E-state index is 0.150. The number of carbonyl (C=O) groups excluding carboxylic acids is 1. The average molecular weight is 331 g/mol. The number of fused-ring (bicyclic) bond motifs is 1. The van der Waals surface area contributed by atoms with Gasteiger partial charge in [-0.1, -0.05) is 19.1 Å². The number of urea groups is 1. The highest BCUT2D eigenvalue weighted by molar-refractivity contribution is 7.11. The number of nitrogens with one attached hydrogen (secondary N) is 2. The molecule has 5 nitrogen and oxygen atoms in total. The quantitative estimate of drug-likeness (QED) is 0.855. The molecule has 122 valence electrons. The summed E-state index contributed by atoms with van der Waals surface area (Å²) in [6.45, 7) is 3.97. The van der Waals surface area contributed by atoms with Crippen LogP contribution < -0.4 is 15.4 Å². The summed E-state index contributed by atoms with van der Waals surface area (Å²) in [5.41, 5.74) is 2.49. The topological polar surface area (TPSA) is 63.2 Å². The number of hydrogen-bond donors (Lipinski definition) is 2. The van der Waals surface area contributed by atoms with E-state index in [0.717, 1.165) is 36.6 Å². The minimum Gasteiger partial charge on any atom is -0.493 e. The van der Waals surface area contributed by atoms with Crippen LogP contribution in [0.1, 0.15) is 27.9 Å². The Bertz CT molecular complexity index is 684. The van der Waals surface area contributed by atoms with E-state index in [9.17, 15) is 4.79 Å². The van der Waals surface area contributed by atoms with E-state index in [2.05, 4.69) is 34.7 Å². The van der Waals surface area contributed by atoms with Gasteiger partial charge in [0.05, 0.1) is 13.2 Å². The Morgan fingerprint density at radius 3 is 3.13 bits per heavy atom. The van der Waals surface area contributed by atoms with Crippen LogP contribution in [-0.2, 0) is 25.8 Å². The molecular weight excluding hydrogens is 310 g/mol. The number of amides is 2. The standard InChI is InChI=1S/C17H21N3O2S/c1-2-14-10-19-16(23-14)11-20-17(21)18-7-5-12-3-4-15-13(9-12)6-8-22-15/h3-4,9-10H,2,5-8,11H2,1H3,(H2,18,20,21). The maximum atomic E-state index is 11.8. The molecule has 2 aromatic rings. The Kier molecular flexibility index (Phi) is 5.12. The van der Waals surface area contributed by atoms with Gasteiger partial charge in [-0.25, -0.2) is 9.78 Å². The number of ether oxygens (including phenoxy) is 1. The Balaban J connectivity index is 1.39. The van der Waals surface area contributed by atoms with Gasteiger partial charge in [0.15, 0.2) is 0 Å². The Morgan fingerprint density at radius 1 is 1.39 bits per heavy atom. The molecule has 23 heavy (non-hydrogen) atoms. The van der Waals surface area contributed by atoms with Crippen molar-refractivity contribution < 1.29 is 9.53 Å². The molecule has 0 saturated heterocycles. The van der Waals surface area contributed by atoms with Crippen molar-refractivity contribution in [1.82, 2.24) is 15.6 Å². The van der Waals surface area contributed by atoms with E-state index < -0.39 is 0 Å². The minimum atomic E-state index is -0.150. The molecule has 6 heteroatoms. The van der Waals surface area contributed by atoms with E-state index in [0.29, 0.717) is 13.1 Å². The Labute approximate surface area is 140 Å². The first-order valence-electron chi connectivity index (χ1n) is 7.94. The predicted molar refractivity (Wildman–Crippen MR) is 91.1 cm³/mol. The van der Waals surface area contributed by atoms with Gasteiger partial charge in [0.2, 0.25) is 0 Å². The molecule has 0 unspecified atom stereocenters. The number of aromatic nitrogens is 1. The van der Waals surface area contributed by atoms with E-state index in [4.69, 9.17) is 4.74 Å². The molecule has 1 aromatic heterocycles. The fourth-order valence-corrected chi connectivity index (χ4v) is 3.33. The van der Waals surface area contributed by atoms with Crippen molar-refractivity contribution in [3.63, 3.8) is 0 Å². The molecule has 0 bridgehead atoms. The van der Waals surface area contributed by atoms with Crippen molar-refractivity contribution in [3.05, 3.63) is 45.4 Å². The summed E-state index contributed by atoms with van der Waals surface area (Å²) in [6.07, 6.45) is 4.65. The van der Waals surface area contributed by atoms with Crippen molar-refractivity contribution in [2.75, 3.05) is 13.2 Å². The summed E-state index contributed by atoms with van der Waals surface area (Å²) in [4.78, 5) is 17.3. The molecular formula is C17H21N3O2S. The molecule has 2 heterocycles. The maximum Gasteiger partial charge on any atom is 0.315 e. The first-order chi connectivity index (χ1) is 11.2. The second kappa shape index (κ2) is 7.46. The number of benzene rings is 1. The number of thiazole rings is 1. The van der Waals surface area contributed by atoms with Crippen LogP contribution in [0.15, 0.2) is 24.4 Å². The molecule has 2 amide bonds. The second-order valence-corrected chi connectivity index (χ2v) is 6.67. The van der Waals surface area contributed by atoms with Crippen LogP contribution in [0.25, 0.3) is 0 Å². The fourth-order valence-electron chi connectivity index (χ4n) is 2.53. The van der Waals surface area contributed by atoms with Gasteiger partial charge in [0.1, 0.15) is 10.8 Å². The summed E-state index contributed by atoms with van der Waals surface area (Å²) in [6, 6.07) is 6.10. The van der Waals surface area contributed by atoms with Crippen LogP contribution in [0.3, 0.4) is 0 Å². The summed E-state index contributed by atoms with van der Waals surface area (Å²) >= 11 is 1.64. The van der Waals surface area contributed by atoms with Crippen molar-refractivity contribution in [3.8, 4) is 5.75 Å². The van der Waals surface area contributed by atoms with Crippen molar-refractivity contribution in [2.45, 2.75) is 32.7 Å². The van der Waals surface area contributed by atoms with Crippen LogP contribution in [0, 0.1) is 0 Å². The largest absolute Gasteiger partial charge is 0.493 e. The summed E-state index contributed by atoms with van der Waals surface area (Å²) in [7, 11) is 0. The number of nitrogens with zero attached hydrogens (tertiary/aromatic N) is 1. The SMILES string of the molecule is CCc1cnc(CNC(=O)NCCc2ccc3c(c2)CCO3)s1. The first kappa shape index (κ1) is 15.8. The number of hydrogen-bond acceptors (Lipinski definition) is 4. The van der Waals surface area contributed by atoms with Gasteiger partial charge >= 0.3 is 6.03 Å². The van der Waals surface area contributed by atoms with Crippen LogP contribution in [0.5, 0.6) is 5.75 Å². The third-order valence-electron chi connectivity index (χ3n) is 3.80. The van der Waals surface area contributed by atoms with Crippen LogP contribution in [-0.4, -0.2) is 24.2 Å². The third kappa shape index (κ3) is 4.22. The highest BCUT2D eigenvalue weighted by Gasteiger charge is 2.12. The Morgan fingerprint density at radius 2 is 2.30 bits per heavy atom. The molecule has 0 saturated carbocycles. The van der Waals surface area contributed by atoms with E-state index in [1.165, 1.54) is 16.0 Å². The summed E-state index contributed by atoms with van der Waals surface area (Å²) in [5, 5.41) is 6.67. The van der Waals surface area contributed by atoms with Gasteiger partial charge in [-0.05, 0) is 30.0 Å². The van der Waals surface area contributed by atoms with Crippen molar-refractivity contribution >= 4 is 17.4 Å². The third-order valence-corrected chi connectivity index (χ3v) is 4.94. The van der Waals surface area contributed by atoms with Gasteiger partial charge in [-0.15, -0.1) is 11.3 Å². The monoisotopic (exact) mass is 331 g/mol. The van der Waals surface area contributed by atoms with Gasteiger partial charge in [0.25, 0.3) is 0 Å². The zero-order valence-corrected chi connectivity index (χ0v) is 14.0. The van der Waals surface area contributed by atoms with Crippen LogP contribution in [0.4, 0.5) is 4.79 Å². The fraction of sp³-hybridized carbons (Fsp3) is 0.412.